The van der Waals surface area contributed by atoms with E-state index in [1.54, 1.807) is 30.5 Å². The number of methoxy groups -OCH3 is 1. The van der Waals surface area contributed by atoms with E-state index in [0.29, 0.717) is 16.5 Å². The van der Waals surface area contributed by atoms with Crippen LogP contribution >= 0.6 is 11.6 Å². The molecule has 2 amide bonds. The molecule has 8 nitrogen and oxygen atoms in total. The molecule has 1 aromatic heterocycles. The Morgan fingerprint density at radius 1 is 1.00 bits per heavy atom. The van der Waals surface area contributed by atoms with Crippen molar-refractivity contribution in [3.05, 3.63) is 71.4 Å². The first-order chi connectivity index (χ1) is 14.9. The molecular formula is C22H18ClN3O5. The number of carbonyl (C=O) groups excluding carboxylic acids is 2. The van der Waals surface area contributed by atoms with Gasteiger partial charge in [0, 0.05) is 28.4 Å². The number of benzene rings is 2. The molecule has 0 unspecified atom stereocenters. The molecule has 0 atom stereocenters. The molecule has 3 aromatic rings. The van der Waals surface area contributed by atoms with Gasteiger partial charge in [0.25, 0.3) is 0 Å². The van der Waals surface area contributed by atoms with Gasteiger partial charge in [-0.1, -0.05) is 29.8 Å². The number of carboxylic acid groups (broad SMARTS) is 1. The number of hydrogen-bond donors (Lipinski definition) is 3. The van der Waals surface area contributed by atoms with Crippen LogP contribution in [0.4, 0.5) is 16.2 Å². The molecule has 0 aliphatic carbocycles. The summed E-state index contributed by atoms with van der Waals surface area (Å²) in [5, 5.41) is 13.9. The molecule has 0 radical (unpaired) electrons. The number of pyridine rings is 1. The largest absolute Gasteiger partial charge is 0.481 e. The number of rotatable bonds is 7. The SMILES string of the molecule is COc1ccc(-c2cccc(C(=O)CC(=O)Nc3cc(Cl)ccc3NC(=O)O)c2)cn1. The highest BCUT2D eigenvalue weighted by Gasteiger charge is 2.15. The minimum absolute atomic E-state index is 0.145. The van der Waals surface area contributed by atoms with Gasteiger partial charge >= 0.3 is 6.09 Å². The lowest BCUT2D eigenvalue weighted by Gasteiger charge is -2.11. The highest BCUT2D eigenvalue weighted by molar-refractivity contribution is 6.31. The third kappa shape index (κ3) is 5.80. The van der Waals surface area contributed by atoms with Gasteiger partial charge in [-0.3, -0.25) is 14.9 Å². The van der Waals surface area contributed by atoms with Crippen LogP contribution in [0.25, 0.3) is 11.1 Å². The van der Waals surface area contributed by atoms with Crippen LogP contribution in [-0.2, 0) is 4.79 Å². The molecule has 0 aliphatic rings. The summed E-state index contributed by atoms with van der Waals surface area (Å²) >= 11 is 5.93. The van der Waals surface area contributed by atoms with E-state index in [4.69, 9.17) is 21.4 Å². The minimum Gasteiger partial charge on any atom is -0.481 e. The number of nitrogens with zero attached hydrogens (tertiary/aromatic N) is 1. The molecule has 0 spiro atoms. The third-order valence-electron chi connectivity index (χ3n) is 4.28. The van der Waals surface area contributed by atoms with Crippen molar-refractivity contribution in [1.82, 2.24) is 4.98 Å². The molecule has 0 saturated carbocycles. The summed E-state index contributed by atoms with van der Waals surface area (Å²) in [6, 6.07) is 14.7. The van der Waals surface area contributed by atoms with Crippen molar-refractivity contribution in [2.24, 2.45) is 0 Å². The number of Topliss-reactive ketones (excluding diaryl/α,β-unsaturated/α-hetero) is 1. The van der Waals surface area contributed by atoms with Gasteiger partial charge in [-0.15, -0.1) is 0 Å². The molecule has 2 aromatic carbocycles. The van der Waals surface area contributed by atoms with E-state index in [2.05, 4.69) is 15.6 Å². The van der Waals surface area contributed by atoms with Crippen molar-refractivity contribution < 1.29 is 24.2 Å². The maximum Gasteiger partial charge on any atom is 0.409 e. The Labute approximate surface area is 182 Å². The summed E-state index contributed by atoms with van der Waals surface area (Å²) < 4.78 is 5.04. The second kappa shape index (κ2) is 9.73. The van der Waals surface area contributed by atoms with Crippen LogP contribution in [-0.4, -0.2) is 35.0 Å². The summed E-state index contributed by atoms with van der Waals surface area (Å²) in [4.78, 5) is 40.1. The Hall–Kier alpha value is -3.91. The van der Waals surface area contributed by atoms with Crippen LogP contribution in [0.2, 0.25) is 5.02 Å². The lowest BCUT2D eigenvalue weighted by molar-refractivity contribution is -0.115. The van der Waals surface area contributed by atoms with Gasteiger partial charge < -0.3 is 15.2 Å². The zero-order chi connectivity index (χ0) is 22.4. The molecule has 0 fully saturated rings. The number of amides is 2. The van der Waals surface area contributed by atoms with Gasteiger partial charge in [0.1, 0.15) is 0 Å². The number of carbonyl (C=O) groups is 3. The average molecular weight is 440 g/mol. The van der Waals surface area contributed by atoms with Crippen LogP contribution in [0, 0.1) is 0 Å². The Morgan fingerprint density at radius 2 is 1.81 bits per heavy atom. The normalized spacial score (nSPS) is 10.3. The molecule has 31 heavy (non-hydrogen) atoms. The summed E-state index contributed by atoms with van der Waals surface area (Å²) in [7, 11) is 1.52. The van der Waals surface area contributed by atoms with Gasteiger partial charge in [0.05, 0.1) is 24.9 Å². The van der Waals surface area contributed by atoms with E-state index in [0.717, 1.165) is 11.1 Å². The average Bonchev–Trinajstić information content (AvgIpc) is 2.75. The summed E-state index contributed by atoms with van der Waals surface area (Å²) in [6.45, 7) is 0. The number of aromatic nitrogens is 1. The predicted octanol–water partition coefficient (Wildman–Crippen LogP) is 4.71. The summed E-state index contributed by atoms with van der Waals surface area (Å²) in [5.41, 5.74) is 2.23. The molecule has 0 saturated heterocycles. The molecule has 9 heteroatoms. The van der Waals surface area contributed by atoms with Crippen molar-refractivity contribution in [2.45, 2.75) is 6.42 Å². The van der Waals surface area contributed by atoms with E-state index in [-0.39, 0.29) is 11.4 Å². The van der Waals surface area contributed by atoms with Crippen molar-refractivity contribution >= 4 is 40.8 Å². The number of anilines is 2. The van der Waals surface area contributed by atoms with Crippen LogP contribution in [0.15, 0.2) is 60.8 Å². The summed E-state index contributed by atoms with van der Waals surface area (Å²) in [5.74, 6) is -0.516. The second-order valence-corrected chi connectivity index (χ2v) is 6.87. The zero-order valence-corrected chi connectivity index (χ0v) is 17.1. The lowest BCUT2D eigenvalue weighted by Crippen LogP contribution is -2.18. The standard InChI is InChI=1S/C22H18ClN3O5/c1-31-21-8-5-15(12-24-21)13-3-2-4-14(9-13)19(27)11-20(28)25-18-10-16(23)6-7-17(18)26-22(29)30/h2-10,12,26H,11H2,1H3,(H,25,28)(H,29,30). The minimum atomic E-state index is -1.29. The van der Waals surface area contributed by atoms with E-state index < -0.39 is 24.2 Å². The van der Waals surface area contributed by atoms with Gasteiger partial charge in [-0.2, -0.15) is 0 Å². The number of hydrogen-bond acceptors (Lipinski definition) is 5. The first kappa shape index (κ1) is 21.8. The van der Waals surface area contributed by atoms with Crippen molar-refractivity contribution in [2.75, 3.05) is 17.7 Å². The zero-order valence-electron chi connectivity index (χ0n) is 16.4. The molecule has 3 N–H and O–H groups in total. The van der Waals surface area contributed by atoms with Crippen molar-refractivity contribution in [3.63, 3.8) is 0 Å². The number of nitrogens with one attached hydrogen (secondary N) is 2. The molecule has 158 valence electrons. The monoisotopic (exact) mass is 439 g/mol. The Kier molecular flexibility index (Phi) is 6.84. The highest BCUT2D eigenvalue weighted by atomic mass is 35.5. The van der Waals surface area contributed by atoms with Crippen molar-refractivity contribution in [1.29, 1.82) is 0 Å². The first-order valence-corrected chi connectivity index (χ1v) is 9.46. The van der Waals surface area contributed by atoms with Crippen LogP contribution < -0.4 is 15.4 Å². The van der Waals surface area contributed by atoms with E-state index in [1.165, 1.54) is 25.3 Å². The Bertz CT molecular complexity index is 1130. The molecule has 0 bridgehead atoms. The van der Waals surface area contributed by atoms with E-state index in [1.807, 2.05) is 12.1 Å². The molecule has 3 rings (SSSR count). The maximum absolute atomic E-state index is 12.6. The Balaban J connectivity index is 1.72. The fourth-order valence-electron chi connectivity index (χ4n) is 2.83. The first-order valence-electron chi connectivity index (χ1n) is 9.09. The van der Waals surface area contributed by atoms with Crippen molar-refractivity contribution in [3.8, 4) is 17.0 Å². The van der Waals surface area contributed by atoms with E-state index in [9.17, 15) is 14.4 Å². The molecular weight excluding hydrogens is 422 g/mol. The fraction of sp³-hybridized carbons (Fsp3) is 0.0909. The van der Waals surface area contributed by atoms with Gasteiger partial charge in [0.15, 0.2) is 5.78 Å². The van der Waals surface area contributed by atoms with Crippen LogP contribution in [0.3, 0.4) is 0 Å². The van der Waals surface area contributed by atoms with Gasteiger partial charge in [0.2, 0.25) is 11.8 Å². The quantitative estimate of drug-likeness (QED) is 0.362. The van der Waals surface area contributed by atoms with E-state index >= 15 is 0 Å². The van der Waals surface area contributed by atoms with Gasteiger partial charge in [-0.05, 0) is 35.9 Å². The lowest BCUT2D eigenvalue weighted by atomic mass is 10.0. The summed E-state index contributed by atoms with van der Waals surface area (Å²) in [6.07, 6.45) is -0.0899. The predicted molar refractivity (Wildman–Crippen MR) is 117 cm³/mol. The fourth-order valence-corrected chi connectivity index (χ4v) is 3.00. The van der Waals surface area contributed by atoms with Crippen LogP contribution in [0.1, 0.15) is 16.8 Å². The topological polar surface area (TPSA) is 118 Å². The second-order valence-electron chi connectivity index (χ2n) is 6.44. The molecule has 0 aliphatic heterocycles. The highest BCUT2D eigenvalue weighted by Crippen LogP contribution is 2.26. The maximum atomic E-state index is 12.6. The number of ether oxygens (including phenoxy) is 1. The number of ketones is 1. The number of halogens is 1. The molecule has 1 heterocycles. The van der Waals surface area contributed by atoms with Crippen LogP contribution in [0.5, 0.6) is 5.88 Å². The smallest absolute Gasteiger partial charge is 0.409 e. The Morgan fingerprint density at radius 3 is 2.48 bits per heavy atom. The van der Waals surface area contributed by atoms with Gasteiger partial charge in [-0.25, -0.2) is 9.78 Å². The third-order valence-corrected chi connectivity index (χ3v) is 4.52.